The number of likely N-dealkylation sites (tertiary alicyclic amines) is 1. The second kappa shape index (κ2) is 7.72. The molecule has 4 aliphatic rings. The standard InChI is InChI=1S/C28H25FN6O2/c1-33-24-7-5-18(10-21(24)23(12-30)32-33)19-4-6-20(22(29)11-19)25-31-28(8-9-28)27(37)35(25)15-16-13-34(14-16)26(36)17-2-3-17/h4-7,10-11,16-17H,2-3,8-9,13-15H2,1H3. The number of nitrogens with zero attached hydrogens (tertiary/aromatic N) is 6. The molecular weight excluding hydrogens is 471 g/mol. The van der Waals surface area contributed by atoms with Crippen molar-refractivity contribution in [2.75, 3.05) is 19.6 Å². The average molecular weight is 497 g/mol. The van der Waals surface area contributed by atoms with Crippen molar-refractivity contribution in [1.82, 2.24) is 19.6 Å². The predicted molar refractivity (Wildman–Crippen MR) is 134 cm³/mol. The molecule has 2 saturated carbocycles. The molecule has 8 nitrogen and oxygen atoms in total. The number of fused-ring (bicyclic) bond motifs is 1. The van der Waals surface area contributed by atoms with Gasteiger partial charge < -0.3 is 4.90 Å². The quantitative estimate of drug-likeness (QED) is 0.542. The zero-order valence-electron chi connectivity index (χ0n) is 20.4. The van der Waals surface area contributed by atoms with Gasteiger partial charge in [-0.15, -0.1) is 0 Å². The third-order valence-electron chi connectivity index (χ3n) is 8.08. The van der Waals surface area contributed by atoms with E-state index in [9.17, 15) is 14.9 Å². The van der Waals surface area contributed by atoms with Gasteiger partial charge in [-0.1, -0.05) is 12.1 Å². The van der Waals surface area contributed by atoms with Gasteiger partial charge in [-0.25, -0.2) is 4.39 Å². The van der Waals surface area contributed by atoms with E-state index in [1.54, 1.807) is 22.7 Å². The van der Waals surface area contributed by atoms with Gasteiger partial charge in [-0.2, -0.15) is 10.4 Å². The van der Waals surface area contributed by atoms with Crippen molar-refractivity contribution in [2.45, 2.75) is 31.2 Å². The van der Waals surface area contributed by atoms with Gasteiger partial charge in [0.25, 0.3) is 5.91 Å². The Morgan fingerprint density at radius 2 is 1.89 bits per heavy atom. The molecule has 3 aromatic rings. The number of aromatic nitrogens is 2. The first kappa shape index (κ1) is 22.2. The molecule has 37 heavy (non-hydrogen) atoms. The van der Waals surface area contributed by atoms with Crippen LogP contribution in [0.1, 0.15) is 36.9 Å². The molecule has 0 bridgehead atoms. The summed E-state index contributed by atoms with van der Waals surface area (Å²) in [5, 5.41) is 14.4. The lowest BCUT2D eigenvalue weighted by atomic mass is 9.97. The van der Waals surface area contributed by atoms with Crippen molar-refractivity contribution in [3.05, 3.63) is 53.5 Å². The number of carbonyl (C=O) groups is 2. The van der Waals surface area contributed by atoms with E-state index in [4.69, 9.17) is 4.99 Å². The van der Waals surface area contributed by atoms with Crippen LogP contribution in [-0.4, -0.2) is 62.4 Å². The highest BCUT2D eigenvalue weighted by Gasteiger charge is 2.58. The molecule has 0 radical (unpaired) electrons. The third kappa shape index (κ3) is 3.46. The van der Waals surface area contributed by atoms with E-state index in [2.05, 4.69) is 11.2 Å². The number of amidine groups is 1. The van der Waals surface area contributed by atoms with Gasteiger partial charge in [-0.05, 0) is 61.1 Å². The Balaban J connectivity index is 1.16. The number of benzene rings is 2. The second-order valence-corrected chi connectivity index (χ2v) is 10.8. The van der Waals surface area contributed by atoms with Crippen LogP contribution < -0.4 is 0 Å². The monoisotopic (exact) mass is 496 g/mol. The number of hydrogen-bond donors (Lipinski definition) is 0. The van der Waals surface area contributed by atoms with Crippen LogP contribution >= 0.6 is 0 Å². The van der Waals surface area contributed by atoms with Gasteiger partial charge in [0.2, 0.25) is 5.91 Å². The van der Waals surface area contributed by atoms with Crippen molar-refractivity contribution < 1.29 is 14.0 Å². The second-order valence-electron chi connectivity index (χ2n) is 10.8. The van der Waals surface area contributed by atoms with Crippen molar-refractivity contribution in [3.8, 4) is 17.2 Å². The third-order valence-corrected chi connectivity index (χ3v) is 8.08. The molecule has 186 valence electrons. The minimum Gasteiger partial charge on any atom is -0.342 e. The lowest BCUT2D eigenvalue weighted by Crippen LogP contribution is -2.55. The fraction of sp³-hybridized carbons (Fsp3) is 0.393. The van der Waals surface area contributed by atoms with E-state index >= 15 is 4.39 Å². The van der Waals surface area contributed by atoms with Crippen molar-refractivity contribution >= 4 is 28.6 Å². The number of aryl methyl sites for hydroxylation is 1. The molecule has 7 rings (SSSR count). The summed E-state index contributed by atoms with van der Waals surface area (Å²) < 4.78 is 17.2. The SMILES string of the molecule is Cn1nc(C#N)c2cc(-c3ccc(C4=NC5(CC5)C(=O)N4CC4CN(C(=O)C5CC5)C4)c(F)c3)ccc21. The van der Waals surface area contributed by atoms with Gasteiger partial charge in [0.15, 0.2) is 5.69 Å². The van der Waals surface area contributed by atoms with Crippen molar-refractivity contribution in [1.29, 1.82) is 5.26 Å². The Kier molecular flexibility index (Phi) is 4.62. The summed E-state index contributed by atoms with van der Waals surface area (Å²) in [4.78, 5) is 33.8. The summed E-state index contributed by atoms with van der Waals surface area (Å²) in [5.74, 6) is 0.493. The van der Waals surface area contributed by atoms with E-state index in [1.165, 1.54) is 6.07 Å². The molecule has 9 heteroatoms. The van der Waals surface area contributed by atoms with E-state index in [-0.39, 0.29) is 23.7 Å². The maximum absolute atomic E-state index is 15.6. The van der Waals surface area contributed by atoms with Gasteiger partial charge in [-0.3, -0.25) is 24.2 Å². The fourth-order valence-corrected chi connectivity index (χ4v) is 5.59. The Hall–Kier alpha value is -4.06. The zero-order valence-corrected chi connectivity index (χ0v) is 20.4. The molecule has 2 amide bonds. The molecular formula is C28H25FN6O2. The van der Waals surface area contributed by atoms with Gasteiger partial charge in [0.1, 0.15) is 23.3 Å². The average Bonchev–Trinajstić information content (AvgIpc) is 3.79. The van der Waals surface area contributed by atoms with E-state index in [1.807, 2.05) is 29.2 Å². The van der Waals surface area contributed by atoms with Crippen LogP contribution in [0.4, 0.5) is 4.39 Å². The first-order chi connectivity index (χ1) is 17.9. The van der Waals surface area contributed by atoms with E-state index in [0.29, 0.717) is 60.5 Å². The number of halogens is 1. The Morgan fingerprint density at radius 3 is 2.57 bits per heavy atom. The van der Waals surface area contributed by atoms with E-state index in [0.717, 1.165) is 23.9 Å². The molecule has 2 aliphatic heterocycles. The van der Waals surface area contributed by atoms with E-state index < -0.39 is 11.4 Å². The van der Waals surface area contributed by atoms with Crippen molar-refractivity contribution in [2.24, 2.45) is 23.9 Å². The summed E-state index contributed by atoms with van der Waals surface area (Å²) >= 11 is 0. The predicted octanol–water partition coefficient (Wildman–Crippen LogP) is 3.24. The number of aliphatic imine (C=N–C) groups is 1. The highest BCUT2D eigenvalue weighted by molar-refractivity contribution is 6.16. The Labute approximate surface area is 213 Å². The first-order valence-corrected chi connectivity index (χ1v) is 12.7. The topological polar surface area (TPSA) is 94.6 Å². The number of carbonyl (C=O) groups excluding carboxylic acids is 2. The molecule has 0 N–H and O–H groups in total. The largest absolute Gasteiger partial charge is 0.342 e. The van der Waals surface area contributed by atoms with Crippen molar-refractivity contribution in [3.63, 3.8) is 0 Å². The summed E-state index contributed by atoms with van der Waals surface area (Å²) in [6.07, 6.45) is 3.34. The van der Waals surface area contributed by atoms with Gasteiger partial charge in [0, 0.05) is 43.9 Å². The minimum atomic E-state index is -0.729. The molecule has 2 aliphatic carbocycles. The number of rotatable bonds is 5. The number of amides is 2. The maximum atomic E-state index is 15.6. The van der Waals surface area contributed by atoms with Crippen LogP contribution in [0.15, 0.2) is 41.4 Å². The molecule has 0 atom stereocenters. The van der Waals surface area contributed by atoms with Crippen LogP contribution in [0.5, 0.6) is 0 Å². The Bertz CT molecular complexity index is 1570. The minimum absolute atomic E-state index is 0.0518. The van der Waals surface area contributed by atoms with Crippen LogP contribution in [0.2, 0.25) is 0 Å². The summed E-state index contributed by atoms with van der Waals surface area (Å²) in [6.45, 7) is 1.73. The summed E-state index contributed by atoms with van der Waals surface area (Å²) in [5.41, 5.74) is 2.18. The van der Waals surface area contributed by atoms with Crippen LogP contribution in [0.3, 0.4) is 0 Å². The fourth-order valence-electron chi connectivity index (χ4n) is 5.59. The van der Waals surface area contributed by atoms with Crippen LogP contribution in [0.25, 0.3) is 22.0 Å². The maximum Gasteiger partial charge on any atom is 0.256 e. The highest BCUT2D eigenvalue weighted by Crippen LogP contribution is 2.46. The van der Waals surface area contributed by atoms with Crippen LogP contribution in [-0.2, 0) is 16.6 Å². The molecule has 1 aromatic heterocycles. The number of hydrogen-bond acceptors (Lipinski definition) is 5. The summed E-state index contributed by atoms with van der Waals surface area (Å²) in [7, 11) is 1.78. The summed E-state index contributed by atoms with van der Waals surface area (Å²) in [6, 6.07) is 12.7. The molecule has 3 fully saturated rings. The zero-order chi connectivity index (χ0) is 25.5. The normalized spacial score (nSPS) is 20.4. The smallest absolute Gasteiger partial charge is 0.256 e. The van der Waals surface area contributed by atoms with Crippen LogP contribution in [0, 0.1) is 29.0 Å². The lowest BCUT2D eigenvalue weighted by molar-refractivity contribution is -0.139. The first-order valence-electron chi connectivity index (χ1n) is 12.7. The molecule has 0 unspecified atom stereocenters. The molecule has 1 saturated heterocycles. The molecule has 1 spiro atoms. The van der Waals surface area contributed by atoms with Gasteiger partial charge in [0.05, 0.1) is 11.1 Å². The Morgan fingerprint density at radius 1 is 1.16 bits per heavy atom. The highest BCUT2D eigenvalue weighted by atomic mass is 19.1. The molecule has 2 aromatic carbocycles. The van der Waals surface area contributed by atoms with Gasteiger partial charge >= 0.3 is 0 Å². The lowest BCUT2D eigenvalue weighted by Gasteiger charge is -2.41. The molecule has 3 heterocycles. The number of nitriles is 1.